The molecule has 2 aromatic heterocycles. The molecule has 1 atom stereocenters. The van der Waals surface area contributed by atoms with Gasteiger partial charge in [0.2, 0.25) is 15.0 Å². The molecule has 0 unspecified atom stereocenters. The Morgan fingerprint density at radius 2 is 2.10 bits per heavy atom. The van der Waals surface area contributed by atoms with Crippen molar-refractivity contribution >= 4 is 27.2 Å². The van der Waals surface area contributed by atoms with E-state index in [-0.39, 0.29) is 5.16 Å². The minimum absolute atomic E-state index is 0.263. The lowest BCUT2D eigenvalue weighted by atomic mass is 9.98. The second-order valence-corrected chi connectivity index (χ2v) is 9.26. The summed E-state index contributed by atoms with van der Waals surface area (Å²) < 4.78 is 24.0. The van der Waals surface area contributed by atoms with Crippen LogP contribution in [-0.4, -0.2) is 46.3 Å². The molecule has 9 heteroatoms. The van der Waals surface area contributed by atoms with Crippen molar-refractivity contribution in [2.24, 2.45) is 0 Å². The number of rotatable bonds is 5. The van der Waals surface area contributed by atoms with Gasteiger partial charge in [-0.1, -0.05) is 25.6 Å². The Bertz CT molecular complexity index is 1130. The van der Waals surface area contributed by atoms with E-state index in [1.54, 1.807) is 11.1 Å². The summed E-state index contributed by atoms with van der Waals surface area (Å²) >= 11 is 0. The minimum Gasteiger partial charge on any atom is -0.384 e. The number of fused-ring (bicyclic) bond motifs is 2. The van der Waals surface area contributed by atoms with Crippen molar-refractivity contribution in [2.75, 3.05) is 17.8 Å². The summed E-state index contributed by atoms with van der Waals surface area (Å²) in [6.45, 7) is 10.3. The van der Waals surface area contributed by atoms with E-state index in [0.717, 1.165) is 18.2 Å². The summed E-state index contributed by atoms with van der Waals surface area (Å²) in [7, 11) is -3.59. The summed E-state index contributed by atoms with van der Waals surface area (Å²) in [5, 5.41) is 14.2. The number of hydrogen-bond acceptors (Lipinski definition) is 8. The normalized spacial score (nSPS) is 20.7. The lowest BCUT2D eigenvalue weighted by Crippen LogP contribution is -2.34. The van der Waals surface area contributed by atoms with Crippen LogP contribution in [0.3, 0.4) is 0 Å². The van der Waals surface area contributed by atoms with E-state index in [9.17, 15) is 13.5 Å². The highest BCUT2D eigenvalue weighted by Gasteiger charge is 2.39. The number of hydrogen-bond donors (Lipinski definition) is 1. The van der Waals surface area contributed by atoms with Gasteiger partial charge in [-0.25, -0.2) is 23.4 Å². The highest BCUT2D eigenvalue weighted by atomic mass is 32.2. The number of nitrogens with zero attached hydrogens (tertiary/aromatic N) is 5. The zero-order valence-electron chi connectivity index (χ0n) is 16.5. The van der Waals surface area contributed by atoms with Crippen molar-refractivity contribution in [2.45, 2.75) is 36.9 Å². The number of aliphatic hydroxyl groups is 1. The van der Waals surface area contributed by atoms with Crippen LogP contribution in [0.15, 0.2) is 42.7 Å². The lowest BCUT2D eigenvalue weighted by Gasteiger charge is -2.30. The largest absolute Gasteiger partial charge is 0.384 e. The first-order valence-corrected chi connectivity index (χ1v) is 11.3. The fourth-order valence-electron chi connectivity index (χ4n) is 3.83. The number of anilines is 2. The van der Waals surface area contributed by atoms with Crippen molar-refractivity contribution in [1.82, 2.24) is 20.0 Å². The second-order valence-electron chi connectivity index (χ2n) is 7.35. The standard InChI is InChI=1S/C20H23N5O3S/c1-5-11-24-13(3)15-12-21-19(29(4,27)28)23-18(15)25(24)16-8-7-14-9-10-20(26,6-2)17(14)22-16/h5,7-8,12,26H,1,3,6,9-11H2,2,4H3/t20-/m1/s1. The van der Waals surface area contributed by atoms with Crippen LogP contribution in [0.2, 0.25) is 0 Å². The van der Waals surface area contributed by atoms with E-state index in [1.165, 1.54) is 6.20 Å². The molecule has 0 bridgehead atoms. The number of aryl methyl sites for hydroxylation is 1. The molecule has 4 rings (SSSR count). The molecular weight excluding hydrogens is 390 g/mol. The first kappa shape index (κ1) is 19.5. The smallest absolute Gasteiger partial charge is 0.248 e. The second kappa shape index (κ2) is 6.64. The Hall–Kier alpha value is -2.78. The molecule has 3 heterocycles. The first-order valence-electron chi connectivity index (χ1n) is 9.37. The highest BCUT2D eigenvalue weighted by Crippen LogP contribution is 2.44. The van der Waals surface area contributed by atoms with E-state index < -0.39 is 15.4 Å². The topological polar surface area (TPSA) is 99.5 Å². The quantitative estimate of drug-likeness (QED) is 0.589. The van der Waals surface area contributed by atoms with E-state index in [1.807, 2.05) is 24.1 Å². The van der Waals surface area contributed by atoms with Crippen LogP contribution in [0.5, 0.6) is 0 Å². The monoisotopic (exact) mass is 413 g/mol. The Morgan fingerprint density at radius 3 is 2.76 bits per heavy atom. The average molecular weight is 414 g/mol. The fourth-order valence-corrected chi connectivity index (χ4v) is 4.32. The summed E-state index contributed by atoms with van der Waals surface area (Å²) in [6.07, 6.45) is 6.22. The minimum atomic E-state index is -3.59. The third-order valence-electron chi connectivity index (χ3n) is 5.46. The molecule has 0 radical (unpaired) electrons. The summed E-state index contributed by atoms with van der Waals surface area (Å²) in [6, 6.07) is 3.80. The van der Waals surface area contributed by atoms with Crippen molar-refractivity contribution in [3.05, 3.63) is 54.4 Å². The molecule has 1 aliphatic heterocycles. The third kappa shape index (κ3) is 3.01. The van der Waals surface area contributed by atoms with E-state index in [2.05, 4.69) is 23.1 Å². The van der Waals surface area contributed by atoms with Crippen LogP contribution in [0.25, 0.3) is 5.70 Å². The Balaban J connectivity index is 1.90. The van der Waals surface area contributed by atoms with Crippen LogP contribution in [0.4, 0.5) is 11.6 Å². The van der Waals surface area contributed by atoms with Crippen LogP contribution >= 0.6 is 0 Å². The van der Waals surface area contributed by atoms with Gasteiger partial charge in [0.05, 0.1) is 23.5 Å². The third-order valence-corrected chi connectivity index (χ3v) is 6.32. The maximum Gasteiger partial charge on any atom is 0.248 e. The highest BCUT2D eigenvalue weighted by molar-refractivity contribution is 7.90. The van der Waals surface area contributed by atoms with E-state index in [4.69, 9.17) is 4.98 Å². The molecule has 1 aliphatic carbocycles. The average Bonchev–Trinajstić information content (AvgIpc) is 3.17. The Labute approximate surface area is 170 Å². The van der Waals surface area contributed by atoms with Crippen molar-refractivity contribution < 1.29 is 13.5 Å². The van der Waals surface area contributed by atoms with Gasteiger partial charge >= 0.3 is 0 Å². The molecule has 0 saturated heterocycles. The number of pyridine rings is 1. The molecule has 0 saturated carbocycles. The van der Waals surface area contributed by atoms with Crippen LogP contribution in [-0.2, 0) is 21.9 Å². The number of sulfone groups is 1. The van der Waals surface area contributed by atoms with Crippen molar-refractivity contribution in [3.8, 4) is 0 Å². The SMILES string of the molecule is C=CCN1C(=C)c2cnc(S(C)(=O)=O)nc2N1c1ccc2c(n1)[C@@](O)(CC)CC2. The van der Waals surface area contributed by atoms with Gasteiger partial charge in [-0.15, -0.1) is 6.58 Å². The molecule has 8 nitrogen and oxygen atoms in total. The fraction of sp³-hybridized carbons (Fsp3) is 0.350. The van der Waals surface area contributed by atoms with Crippen LogP contribution < -0.4 is 5.01 Å². The van der Waals surface area contributed by atoms with Gasteiger partial charge in [-0.3, -0.25) is 5.01 Å². The molecule has 29 heavy (non-hydrogen) atoms. The van der Waals surface area contributed by atoms with Gasteiger partial charge in [0.25, 0.3) is 0 Å². The van der Waals surface area contributed by atoms with Crippen molar-refractivity contribution in [1.29, 1.82) is 0 Å². The van der Waals surface area contributed by atoms with E-state index >= 15 is 0 Å². The summed E-state index contributed by atoms with van der Waals surface area (Å²) in [4.78, 5) is 13.1. The molecule has 0 amide bonds. The number of aromatic nitrogens is 3. The van der Waals surface area contributed by atoms with Gasteiger partial charge in [0.1, 0.15) is 5.60 Å². The molecular formula is C20H23N5O3S. The zero-order valence-corrected chi connectivity index (χ0v) is 17.3. The summed E-state index contributed by atoms with van der Waals surface area (Å²) in [5.41, 5.74) is 1.96. The van der Waals surface area contributed by atoms with Gasteiger partial charge in [0.15, 0.2) is 11.6 Å². The maximum absolute atomic E-state index is 12.0. The zero-order chi connectivity index (χ0) is 21.0. The Morgan fingerprint density at radius 1 is 1.34 bits per heavy atom. The maximum atomic E-state index is 12.0. The molecule has 2 aliphatic rings. The molecule has 0 fully saturated rings. The summed E-state index contributed by atoms with van der Waals surface area (Å²) in [5.74, 6) is 0.912. The van der Waals surface area contributed by atoms with Crippen LogP contribution in [0.1, 0.15) is 36.6 Å². The van der Waals surface area contributed by atoms with Crippen LogP contribution in [0, 0.1) is 0 Å². The van der Waals surface area contributed by atoms with Gasteiger partial charge in [0, 0.05) is 12.5 Å². The van der Waals surface area contributed by atoms with Gasteiger partial charge in [-0.2, -0.15) is 4.98 Å². The van der Waals surface area contributed by atoms with E-state index in [0.29, 0.717) is 48.0 Å². The van der Waals surface area contributed by atoms with Gasteiger partial charge < -0.3 is 5.11 Å². The van der Waals surface area contributed by atoms with Crippen molar-refractivity contribution in [3.63, 3.8) is 0 Å². The molecule has 0 spiro atoms. The molecule has 2 aromatic rings. The molecule has 0 aromatic carbocycles. The predicted octanol–water partition coefficient (Wildman–Crippen LogP) is 2.34. The molecule has 1 N–H and O–H groups in total. The number of hydrazine groups is 1. The Kier molecular flexibility index (Phi) is 4.47. The predicted molar refractivity (Wildman–Crippen MR) is 110 cm³/mol. The lowest BCUT2D eigenvalue weighted by molar-refractivity contribution is 0.0306. The first-order chi connectivity index (χ1) is 13.7. The van der Waals surface area contributed by atoms with Gasteiger partial charge in [-0.05, 0) is 30.9 Å². The molecule has 152 valence electrons.